The summed E-state index contributed by atoms with van der Waals surface area (Å²) in [5.74, 6) is 1.40. The lowest BCUT2D eigenvalue weighted by atomic mass is 10.2. The highest BCUT2D eigenvalue weighted by atomic mass is 35.5. The van der Waals surface area contributed by atoms with Crippen LogP contribution in [-0.2, 0) is 10.0 Å². The maximum Gasteiger partial charge on any atom is 0.243 e. The number of nitrogens with one attached hydrogen (secondary N) is 1. The molecule has 9 heteroatoms. The predicted molar refractivity (Wildman–Crippen MR) is 121 cm³/mol. The van der Waals surface area contributed by atoms with Gasteiger partial charge in [-0.05, 0) is 50.2 Å². The summed E-state index contributed by atoms with van der Waals surface area (Å²) in [6.45, 7) is 5.91. The molecule has 4 rings (SSSR count). The normalized spacial score (nSPS) is 15.7. The number of piperazine rings is 1. The molecule has 7 nitrogen and oxygen atoms in total. The van der Waals surface area contributed by atoms with Gasteiger partial charge in [0.25, 0.3) is 0 Å². The van der Waals surface area contributed by atoms with Gasteiger partial charge in [0.1, 0.15) is 5.82 Å². The van der Waals surface area contributed by atoms with Crippen molar-refractivity contribution < 1.29 is 8.42 Å². The summed E-state index contributed by atoms with van der Waals surface area (Å²) in [5, 5.41) is 4.87. The second-order valence-electron chi connectivity index (χ2n) is 7.53. The molecule has 0 atom stereocenters. The van der Waals surface area contributed by atoms with Crippen molar-refractivity contribution in [1.82, 2.24) is 14.3 Å². The van der Waals surface area contributed by atoms with Gasteiger partial charge in [0, 0.05) is 42.6 Å². The molecular weight excluding hydrogens is 422 g/mol. The molecule has 3 aromatic rings. The van der Waals surface area contributed by atoms with Gasteiger partial charge in [-0.15, -0.1) is 0 Å². The summed E-state index contributed by atoms with van der Waals surface area (Å²) < 4.78 is 27.3. The van der Waals surface area contributed by atoms with Crippen molar-refractivity contribution in [1.29, 1.82) is 0 Å². The Hall–Kier alpha value is -2.42. The molecule has 158 valence electrons. The van der Waals surface area contributed by atoms with E-state index in [-0.39, 0.29) is 10.9 Å². The predicted octanol–water partition coefficient (Wildman–Crippen LogP) is 3.61. The zero-order chi connectivity index (χ0) is 21.3. The number of para-hydroxylation sites is 1. The summed E-state index contributed by atoms with van der Waals surface area (Å²) in [6.07, 6.45) is 0. The van der Waals surface area contributed by atoms with Crippen molar-refractivity contribution in [3.63, 3.8) is 0 Å². The van der Waals surface area contributed by atoms with Crippen LogP contribution in [0.15, 0.2) is 53.4 Å². The molecule has 0 bridgehead atoms. The number of sulfonamides is 1. The molecule has 2 heterocycles. The number of halogens is 1. The standard InChI is InChI=1S/C21H24ClN5O2S/c1-15(2)23-20-18-5-3-4-6-19(18)24-21(25-20)26-11-13-27(14-12-26)30(28,29)17-9-7-16(22)8-10-17/h3-10,15H,11-14H2,1-2H3,(H,23,24,25). The first kappa shape index (κ1) is 20.8. The van der Waals surface area contributed by atoms with Crippen molar-refractivity contribution in [3.8, 4) is 0 Å². The van der Waals surface area contributed by atoms with E-state index in [0.717, 1.165) is 16.7 Å². The number of hydrogen-bond acceptors (Lipinski definition) is 6. The molecular formula is C21H24ClN5O2S. The van der Waals surface area contributed by atoms with Crippen LogP contribution in [0.1, 0.15) is 13.8 Å². The van der Waals surface area contributed by atoms with Crippen LogP contribution in [0.2, 0.25) is 5.02 Å². The third-order valence-corrected chi connectivity index (χ3v) is 7.15. The van der Waals surface area contributed by atoms with Crippen LogP contribution in [0.25, 0.3) is 10.9 Å². The largest absolute Gasteiger partial charge is 0.367 e. The molecule has 0 aliphatic carbocycles. The number of benzene rings is 2. The Morgan fingerprint density at radius 1 is 0.967 bits per heavy atom. The average molecular weight is 446 g/mol. The minimum absolute atomic E-state index is 0.234. The molecule has 1 N–H and O–H groups in total. The smallest absolute Gasteiger partial charge is 0.243 e. The fourth-order valence-corrected chi connectivity index (χ4v) is 5.02. The van der Waals surface area contributed by atoms with Gasteiger partial charge in [-0.1, -0.05) is 23.7 Å². The first-order chi connectivity index (χ1) is 14.3. The quantitative estimate of drug-likeness (QED) is 0.646. The lowest BCUT2D eigenvalue weighted by Gasteiger charge is -2.34. The number of nitrogens with zero attached hydrogens (tertiary/aromatic N) is 4. The SMILES string of the molecule is CC(C)Nc1nc(N2CCN(S(=O)(=O)c3ccc(Cl)cc3)CC2)nc2ccccc12. The summed E-state index contributed by atoms with van der Waals surface area (Å²) in [7, 11) is -3.55. The fraction of sp³-hybridized carbons (Fsp3) is 0.333. The maximum absolute atomic E-state index is 12.9. The first-order valence-corrected chi connectivity index (χ1v) is 11.7. The molecule has 0 amide bonds. The molecule has 1 aromatic heterocycles. The highest BCUT2D eigenvalue weighted by Crippen LogP contribution is 2.26. The van der Waals surface area contributed by atoms with Gasteiger partial charge in [-0.3, -0.25) is 0 Å². The van der Waals surface area contributed by atoms with E-state index in [1.807, 2.05) is 29.2 Å². The second kappa shape index (κ2) is 8.37. The van der Waals surface area contributed by atoms with E-state index in [1.54, 1.807) is 24.3 Å². The van der Waals surface area contributed by atoms with Crippen LogP contribution in [-0.4, -0.2) is 54.9 Å². The third-order valence-electron chi connectivity index (χ3n) is 4.99. The lowest BCUT2D eigenvalue weighted by molar-refractivity contribution is 0.382. The molecule has 30 heavy (non-hydrogen) atoms. The minimum atomic E-state index is -3.55. The maximum atomic E-state index is 12.9. The van der Waals surface area contributed by atoms with E-state index < -0.39 is 10.0 Å². The van der Waals surface area contributed by atoms with Gasteiger partial charge in [0.05, 0.1) is 10.4 Å². The third kappa shape index (κ3) is 4.21. The topological polar surface area (TPSA) is 78.4 Å². The number of rotatable bonds is 5. The number of aromatic nitrogens is 2. The zero-order valence-corrected chi connectivity index (χ0v) is 18.5. The Labute approximate surface area is 181 Å². The van der Waals surface area contributed by atoms with E-state index in [0.29, 0.717) is 37.1 Å². The van der Waals surface area contributed by atoms with E-state index in [9.17, 15) is 8.42 Å². The minimum Gasteiger partial charge on any atom is -0.367 e. The van der Waals surface area contributed by atoms with Crippen molar-refractivity contribution in [2.24, 2.45) is 0 Å². The van der Waals surface area contributed by atoms with Crippen molar-refractivity contribution in [2.75, 3.05) is 36.4 Å². The van der Waals surface area contributed by atoms with Crippen molar-refractivity contribution in [2.45, 2.75) is 24.8 Å². The molecule has 0 saturated carbocycles. The van der Waals surface area contributed by atoms with Gasteiger partial charge in [0.2, 0.25) is 16.0 Å². The molecule has 0 radical (unpaired) electrons. The van der Waals surface area contributed by atoms with E-state index >= 15 is 0 Å². The first-order valence-electron chi connectivity index (χ1n) is 9.88. The summed E-state index contributed by atoms with van der Waals surface area (Å²) in [6, 6.07) is 14.4. The van der Waals surface area contributed by atoms with Gasteiger partial charge in [-0.25, -0.2) is 13.4 Å². The Morgan fingerprint density at radius 3 is 2.30 bits per heavy atom. The van der Waals surface area contributed by atoms with Crippen LogP contribution in [0, 0.1) is 0 Å². The Bertz CT molecular complexity index is 1140. The van der Waals surface area contributed by atoms with Crippen LogP contribution in [0.3, 0.4) is 0 Å². The number of hydrogen-bond donors (Lipinski definition) is 1. The monoisotopic (exact) mass is 445 g/mol. The van der Waals surface area contributed by atoms with Crippen LogP contribution < -0.4 is 10.2 Å². The Morgan fingerprint density at radius 2 is 1.63 bits per heavy atom. The molecule has 1 aliphatic heterocycles. The Kier molecular flexibility index (Phi) is 5.81. The number of anilines is 2. The van der Waals surface area contributed by atoms with Crippen molar-refractivity contribution in [3.05, 3.63) is 53.6 Å². The fourth-order valence-electron chi connectivity index (χ4n) is 3.47. The van der Waals surface area contributed by atoms with Crippen LogP contribution in [0.4, 0.5) is 11.8 Å². The van der Waals surface area contributed by atoms with Crippen LogP contribution >= 0.6 is 11.6 Å². The highest BCUT2D eigenvalue weighted by Gasteiger charge is 2.29. The van der Waals surface area contributed by atoms with Crippen molar-refractivity contribution >= 4 is 44.3 Å². The van der Waals surface area contributed by atoms with Gasteiger partial charge in [-0.2, -0.15) is 9.29 Å². The molecule has 1 saturated heterocycles. The molecule has 1 aliphatic rings. The van der Waals surface area contributed by atoms with E-state index in [1.165, 1.54) is 4.31 Å². The molecule has 0 unspecified atom stereocenters. The Balaban J connectivity index is 1.55. The second-order valence-corrected chi connectivity index (χ2v) is 9.91. The zero-order valence-electron chi connectivity index (χ0n) is 16.9. The van der Waals surface area contributed by atoms with Crippen LogP contribution in [0.5, 0.6) is 0 Å². The van der Waals surface area contributed by atoms with Gasteiger partial charge < -0.3 is 10.2 Å². The summed E-state index contributed by atoms with van der Waals surface area (Å²) in [4.78, 5) is 11.7. The highest BCUT2D eigenvalue weighted by molar-refractivity contribution is 7.89. The van der Waals surface area contributed by atoms with E-state index in [4.69, 9.17) is 21.6 Å². The summed E-state index contributed by atoms with van der Waals surface area (Å²) in [5.41, 5.74) is 0.863. The molecule has 1 fully saturated rings. The molecule has 2 aromatic carbocycles. The summed E-state index contributed by atoms with van der Waals surface area (Å²) >= 11 is 5.89. The van der Waals surface area contributed by atoms with Gasteiger partial charge in [0.15, 0.2) is 0 Å². The lowest BCUT2D eigenvalue weighted by Crippen LogP contribution is -2.49. The van der Waals surface area contributed by atoms with Gasteiger partial charge >= 0.3 is 0 Å². The molecule has 0 spiro atoms. The number of fused-ring (bicyclic) bond motifs is 1. The van der Waals surface area contributed by atoms with E-state index in [2.05, 4.69) is 19.2 Å². The average Bonchev–Trinajstić information content (AvgIpc) is 2.74.